The van der Waals surface area contributed by atoms with Crippen LogP contribution in [0.15, 0.2) is 18.5 Å². The van der Waals surface area contributed by atoms with Crippen LogP contribution in [0.3, 0.4) is 0 Å². The van der Waals surface area contributed by atoms with Gasteiger partial charge in [-0.3, -0.25) is 4.79 Å². The molecule has 0 aromatic carbocycles. The molecule has 2 aromatic rings. The van der Waals surface area contributed by atoms with E-state index in [9.17, 15) is 4.79 Å². The Morgan fingerprint density at radius 1 is 1.39 bits per heavy atom. The number of halogens is 1. The lowest BCUT2D eigenvalue weighted by Gasteiger charge is -2.28. The molecule has 6 nitrogen and oxygen atoms in total. The quantitative estimate of drug-likeness (QED) is 0.884. The van der Waals surface area contributed by atoms with E-state index in [1.54, 1.807) is 18.5 Å². The summed E-state index contributed by atoms with van der Waals surface area (Å²) in [5.41, 5.74) is 0.729. The zero-order chi connectivity index (χ0) is 15.5. The number of nitrogens with zero attached hydrogens (tertiary/aromatic N) is 3. The molecule has 0 spiro atoms. The normalized spacial score (nSPS) is 20.6. The molecule has 1 saturated heterocycles. The Kier molecular flexibility index (Phi) is 6.04. The fourth-order valence-electron chi connectivity index (χ4n) is 2.63. The van der Waals surface area contributed by atoms with Gasteiger partial charge in [-0.05, 0) is 39.3 Å². The zero-order valence-corrected chi connectivity index (χ0v) is 14.7. The van der Waals surface area contributed by atoms with Crippen LogP contribution in [0, 0.1) is 6.92 Å². The molecular formula is C15H20ClN5OS. The molecule has 2 atom stereocenters. The highest BCUT2D eigenvalue weighted by Gasteiger charge is 2.23. The molecule has 2 aromatic heterocycles. The largest absolute Gasteiger partial charge is 0.348 e. The van der Waals surface area contributed by atoms with E-state index in [2.05, 4.69) is 32.5 Å². The van der Waals surface area contributed by atoms with E-state index in [4.69, 9.17) is 0 Å². The van der Waals surface area contributed by atoms with Gasteiger partial charge in [-0.2, -0.15) is 0 Å². The minimum absolute atomic E-state index is 0. The topological polar surface area (TPSA) is 79.8 Å². The third kappa shape index (κ3) is 4.25. The lowest BCUT2D eigenvalue weighted by Crippen LogP contribution is -2.46. The number of nitrogens with one attached hydrogen (secondary N) is 2. The van der Waals surface area contributed by atoms with Crippen LogP contribution in [0.4, 0.5) is 0 Å². The number of carbonyl (C=O) groups is 1. The molecule has 23 heavy (non-hydrogen) atoms. The van der Waals surface area contributed by atoms with Crippen molar-refractivity contribution in [3.05, 3.63) is 29.0 Å². The molecule has 0 radical (unpaired) electrons. The molecule has 3 rings (SSSR count). The number of hydrogen-bond donors (Lipinski definition) is 2. The summed E-state index contributed by atoms with van der Waals surface area (Å²) in [5.74, 6) is 0.515. The zero-order valence-electron chi connectivity index (χ0n) is 13.1. The van der Waals surface area contributed by atoms with Gasteiger partial charge in [0.25, 0.3) is 5.91 Å². The van der Waals surface area contributed by atoms with Gasteiger partial charge in [0.15, 0.2) is 10.8 Å². The first-order valence-corrected chi connectivity index (χ1v) is 8.24. The van der Waals surface area contributed by atoms with Crippen molar-refractivity contribution < 1.29 is 4.79 Å². The van der Waals surface area contributed by atoms with Gasteiger partial charge in [-0.25, -0.2) is 15.0 Å². The first kappa shape index (κ1) is 17.8. The predicted octanol–water partition coefficient (Wildman–Crippen LogP) is 2.20. The molecule has 1 aliphatic rings. The van der Waals surface area contributed by atoms with Crippen molar-refractivity contribution in [2.24, 2.45) is 0 Å². The van der Waals surface area contributed by atoms with Crippen LogP contribution < -0.4 is 10.6 Å². The fourth-order valence-corrected chi connectivity index (χ4v) is 3.54. The summed E-state index contributed by atoms with van der Waals surface area (Å²) >= 11 is 1.35. The molecule has 2 N–H and O–H groups in total. The molecule has 124 valence electrons. The third-order valence-electron chi connectivity index (χ3n) is 3.72. The number of thiazole rings is 1. The highest BCUT2D eigenvalue weighted by atomic mass is 35.5. The maximum absolute atomic E-state index is 12.5. The molecule has 3 heterocycles. The van der Waals surface area contributed by atoms with Gasteiger partial charge < -0.3 is 10.6 Å². The van der Waals surface area contributed by atoms with Crippen LogP contribution in [0.2, 0.25) is 0 Å². The van der Waals surface area contributed by atoms with Crippen molar-refractivity contribution in [1.82, 2.24) is 25.6 Å². The number of piperidine rings is 1. The summed E-state index contributed by atoms with van der Waals surface area (Å²) in [6.07, 6.45) is 5.27. The number of aromatic nitrogens is 3. The lowest BCUT2D eigenvalue weighted by molar-refractivity contribution is 0.0929. The van der Waals surface area contributed by atoms with Crippen LogP contribution >= 0.6 is 23.7 Å². The Balaban J connectivity index is 0.00000192. The first-order chi connectivity index (χ1) is 10.6. The minimum Gasteiger partial charge on any atom is -0.348 e. The average molecular weight is 354 g/mol. The molecule has 2 unspecified atom stereocenters. The number of hydrogen-bond acceptors (Lipinski definition) is 6. The molecule has 0 saturated carbocycles. The predicted molar refractivity (Wildman–Crippen MR) is 93.1 cm³/mol. The van der Waals surface area contributed by atoms with E-state index in [0.717, 1.165) is 25.1 Å². The van der Waals surface area contributed by atoms with Crippen molar-refractivity contribution in [1.29, 1.82) is 0 Å². The van der Waals surface area contributed by atoms with E-state index in [-0.39, 0.29) is 24.4 Å². The van der Waals surface area contributed by atoms with Gasteiger partial charge in [0.05, 0.1) is 5.69 Å². The summed E-state index contributed by atoms with van der Waals surface area (Å²) in [4.78, 5) is 25.9. The second-order valence-electron chi connectivity index (χ2n) is 5.56. The van der Waals surface area contributed by atoms with Crippen molar-refractivity contribution in [3.8, 4) is 10.8 Å². The summed E-state index contributed by atoms with van der Waals surface area (Å²) < 4.78 is 0. The molecule has 1 amide bonds. The van der Waals surface area contributed by atoms with Crippen molar-refractivity contribution in [2.45, 2.75) is 38.8 Å². The molecule has 8 heteroatoms. The number of aryl methyl sites for hydroxylation is 1. The number of carbonyl (C=O) groups excluding carboxylic acids is 1. The standard InChI is InChI=1S/C15H19N5OS.ClH/c1-9-8-11(4-7-16-9)20-14(21)12-10(2)19-15(22-12)13-17-5-3-6-18-13;/h3,5-6,9,11,16H,4,7-8H2,1-2H3,(H,20,21);1H. The van der Waals surface area contributed by atoms with Crippen molar-refractivity contribution >= 4 is 29.7 Å². The van der Waals surface area contributed by atoms with Crippen LogP contribution in [-0.2, 0) is 0 Å². The van der Waals surface area contributed by atoms with E-state index in [0.29, 0.717) is 21.8 Å². The SMILES string of the molecule is Cc1nc(-c2ncccn2)sc1C(=O)NC1CCNC(C)C1.Cl. The monoisotopic (exact) mass is 353 g/mol. The Hall–Kier alpha value is -1.57. The Morgan fingerprint density at radius 3 is 2.83 bits per heavy atom. The van der Waals surface area contributed by atoms with Gasteiger partial charge >= 0.3 is 0 Å². The maximum Gasteiger partial charge on any atom is 0.263 e. The number of amides is 1. The molecule has 0 aliphatic carbocycles. The molecule has 0 bridgehead atoms. The van der Waals surface area contributed by atoms with Crippen molar-refractivity contribution in [2.75, 3.05) is 6.54 Å². The van der Waals surface area contributed by atoms with Crippen LogP contribution in [0.5, 0.6) is 0 Å². The van der Waals surface area contributed by atoms with E-state index >= 15 is 0 Å². The average Bonchev–Trinajstić information content (AvgIpc) is 2.90. The van der Waals surface area contributed by atoms with Crippen LogP contribution in [0.1, 0.15) is 35.1 Å². The highest BCUT2D eigenvalue weighted by molar-refractivity contribution is 7.17. The van der Waals surface area contributed by atoms with Gasteiger partial charge in [-0.15, -0.1) is 23.7 Å². The summed E-state index contributed by atoms with van der Waals surface area (Å²) in [6, 6.07) is 2.42. The summed E-state index contributed by atoms with van der Waals surface area (Å²) in [7, 11) is 0. The van der Waals surface area contributed by atoms with Gasteiger partial charge in [0, 0.05) is 24.5 Å². The van der Waals surface area contributed by atoms with Crippen LogP contribution in [-0.4, -0.2) is 39.5 Å². The maximum atomic E-state index is 12.5. The van der Waals surface area contributed by atoms with Crippen molar-refractivity contribution in [3.63, 3.8) is 0 Å². The fraction of sp³-hybridized carbons (Fsp3) is 0.467. The lowest BCUT2D eigenvalue weighted by atomic mass is 10.0. The van der Waals surface area contributed by atoms with Gasteiger partial charge in [0.1, 0.15) is 4.88 Å². The third-order valence-corrected chi connectivity index (χ3v) is 4.87. The van der Waals surface area contributed by atoms with E-state index < -0.39 is 0 Å². The summed E-state index contributed by atoms with van der Waals surface area (Å²) in [6.45, 7) is 4.93. The second-order valence-corrected chi connectivity index (χ2v) is 6.55. The van der Waals surface area contributed by atoms with Gasteiger partial charge in [0.2, 0.25) is 0 Å². The Morgan fingerprint density at radius 2 is 2.13 bits per heavy atom. The van der Waals surface area contributed by atoms with Crippen LogP contribution in [0.25, 0.3) is 10.8 Å². The smallest absolute Gasteiger partial charge is 0.263 e. The minimum atomic E-state index is -0.0451. The Bertz CT molecular complexity index is 663. The molecule has 1 aliphatic heterocycles. The summed E-state index contributed by atoms with van der Waals surface area (Å²) in [5, 5.41) is 7.19. The van der Waals surface area contributed by atoms with Gasteiger partial charge in [-0.1, -0.05) is 0 Å². The highest BCUT2D eigenvalue weighted by Crippen LogP contribution is 2.25. The first-order valence-electron chi connectivity index (χ1n) is 7.42. The molecular weight excluding hydrogens is 334 g/mol. The van der Waals surface area contributed by atoms with E-state index in [1.807, 2.05) is 6.92 Å². The number of rotatable bonds is 3. The molecule has 1 fully saturated rings. The second kappa shape index (κ2) is 7.81. The van der Waals surface area contributed by atoms with E-state index in [1.165, 1.54) is 11.3 Å². The Labute approximate surface area is 145 Å².